The Morgan fingerprint density at radius 2 is 1.78 bits per heavy atom. The Bertz CT molecular complexity index is 1760. The maximum Gasteiger partial charge on any atom is 0.387 e. The molecule has 4 heterocycles. The smallest absolute Gasteiger partial charge is 0.387 e. The minimum absolute atomic E-state index is 0.00584. The molecule has 0 N–H and O–H groups in total. The number of hydrogen-bond donors (Lipinski definition) is 0. The van der Waals surface area contributed by atoms with Crippen molar-refractivity contribution < 1.29 is 45.7 Å². The normalized spacial score (nSPS) is 19.3. The number of halogens is 4. The first kappa shape index (κ1) is 36.3. The summed E-state index contributed by atoms with van der Waals surface area (Å²) in [6.45, 7) is -0.391. The molecule has 1 aliphatic carbocycles. The van der Waals surface area contributed by atoms with Crippen molar-refractivity contribution in [3.63, 3.8) is 0 Å². The minimum atomic E-state index is -4.18. The van der Waals surface area contributed by atoms with Gasteiger partial charge >= 0.3 is 12.6 Å². The molecule has 2 aromatic heterocycles. The van der Waals surface area contributed by atoms with E-state index in [9.17, 15) is 27.2 Å². The lowest BCUT2D eigenvalue weighted by Crippen LogP contribution is -2.48. The molecular weight excluding hydrogens is 721 g/mol. The number of ether oxygens (including phenoxy) is 4. The third-order valence-electron chi connectivity index (χ3n) is 8.82. The lowest BCUT2D eigenvalue weighted by atomic mass is 10.0. The molecule has 0 spiro atoms. The van der Waals surface area contributed by atoms with Gasteiger partial charge in [-0.3, -0.25) is 4.79 Å². The zero-order valence-electron chi connectivity index (χ0n) is 26.9. The van der Waals surface area contributed by atoms with Crippen molar-refractivity contribution in [1.82, 2.24) is 9.29 Å². The second kappa shape index (κ2) is 15.8. The number of rotatable bonds is 13. The molecule has 1 saturated carbocycles. The van der Waals surface area contributed by atoms with Gasteiger partial charge in [-0.05, 0) is 67.9 Å². The first-order chi connectivity index (χ1) is 24.0. The van der Waals surface area contributed by atoms with E-state index in [-0.39, 0.29) is 63.9 Å². The molecule has 270 valence electrons. The number of piperidine rings is 1. The molecule has 3 aromatic rings. The number of anilines is 1. The van der Waals surface area contributed by atoms with E-state index in [0.717, 1.165) is 29.5 Å². The summed E-state index contributed by atoms with van der Waals surface area (Å²) >= 11 is 12.8. The maximum absolute atomic E-state index is 14.0. The SMILES string of the molecule is O=C(OC(Cc1c(Cl)c[n+]([O-])cc1Cl)c1ccc(OC(F)F)c(OCC2CC2)c1)C1CCCCN1S(=O)(=O)c1ccc(N2CCOCC2)nc1. The van der Waals surface area contributed by atoms with E-state index < -0.39 is 34.7 Å². The highest BCUT2D eigenvalue weighted by Crippen LogP contribution is 2.38. The molecule has 50 heavy (non-hydrogen) atoms. The topological polar surface area (TPSA) is 134 Å². The largest absolute Gasteiger partial charge is 0.619 e. The molecule has 17 heteroatoms. The van der Waals surface area contributed by atoms with Gasteiger partial charge in [0.2, 0.25) is 10.0 Å². The Morgan fingerprint density at radius 3 is 2.44 bits per heavy atom. The Balaban J connectivity index is 1.29. The van der Waals surface area contributed by atoms with Gasteiger partial charge in [0, 0.05) is 37.8 Å². The summed E-state index contributed by atoms with van der Waals surface area (Å²) in [5, 5.41) is 12.0. The second-order valence-electron chi connectivity index (χ2n) is 12.3. The number of sulfonamides is 1. The Hall–Kier alpha value is -3.50. The number of pyridine rings is 2. The Labute approximate surface area is 298 Å². The van der Waals surface area contributed by atoms with Crippen LogP contribution in [0.25, 0.3) is 0 Å². The van der Waals surface area contributed by atoms with Crippen LogP contribution in [0.1, 0.15) is 49.3 Å². The van der Waals surface area contributed by atoms with Crippen molar-refractivity contribution in [2.45, 2.75) is 62.2 Å². The number of alkyl halides is 2. The molecule has 2 unspecified atom stereocenters. The molecule has 6 rings (SSSR count). The van der Waals surface area contributed by atoms with Gasteiger partial charge in [-0.2, -0.15) is 17.8 Å². The fourth-order valence-electron chi connectivity index (χ4n) is 5.95. The van der Waals surface area contributed by atoms with Gasteiger partial charge in [-0.15, -0.1) is 0 Å². The quantitative estimate of drug-likeness (QED) is 0.128. The highest BCUT2D eigenvalue weighted by atomic mass is 35.5. The first-order valence-corrected chi connectivity index (χ1v) is 18.5. The van der Waals surface area contributed by atoms with Crippen molar-refractivity contribution in [3.05, 3.63) is 75.3 Å². The van der Waals surface area contributed by atoms with E-state index >= 15 is 0 Å². The van der Waals surface area contributed by atoms with Crippen molar-refractivity contribution in [2.24, 2.45) is 5.92 Å². The van der Waals surface area contributed by atoms with Gasteiger partial charge in [0.25, 0.3) is 0 Å². The summed E-state index contributed by atoms with van der Waals surface area (Å²) in [7, 11) is -4.18. The third kappa shape index (κ3) is 8.68. The standard InChI is InChI=1S/C33H36Cl2F2N4O8S/c34-25-18-40(43)19-26(35)24(25)16-29(22-6-8-28(49-33(36)37)30(15-22)47-20-21-4-5-21)48-32(42)27-3-1-2-10-41(27)50(44,45)23-7-9-31(38-17-23)39-11-13-46-14-12-39/h6-9,15,17-19,21,27,29,33H,1-5,10-14,16,20H2. The fraction of sp³-hybridized carbons (Fsp3) is 0.485. The first-order valence-electron chi connectivity index (χ1n) is 16.3. The van der Waals surface area contributed by atoms with Crippen LogP contribution in [0.3, 0.4) is 0 Å². The fourth-order valence-corrected chi connectivity index (χ4v) is 8.14. The molecule has 0 radical (unpaired) electrons. The van der Waals surface area contributed by atoms with Crippen LogP contribution in [-0.4, -0.2) is 75.8 Å². The van der Waals surface area contributed by atoms with E-state index in [0.29, 0.717) is 55.3 Å². The molecule has 0 bridgehead atoms. The highest BCUT2D eigenvalue weighted by molar-refractivity contribution is 7.89. The van der Waals surface area contributed by atoms with Crippen molar-refractivity contribution in [2.75, 3.05) is 44.4 Å². The summed E-state index contributed by atoms with van der Waals surface area (Å²) < 4.78 is 77.9. The lowest BCUT2D eigenvalue weighted by Gasteiger charge is -2.34. The zero-order chi connectivity index (χ0) is 35.4. The monoisotopic (exact) mass is 756 g/mol. The molecule has 2 atom stereocenters. The molecule has 2 saturated heterocycles. The van der Waals surface area contributed by atoms with Crippen LogP contribution in [-0.2, 0) is 30.7 Å². The molecular formula is C33H36Cl2F2N4O8S. The molecule has 0 amide bonds. The van der Waals surface area contributed by atoms with Crippen molar-refractivity contribution >= 4 is 45.0 Å². The molecule has 12 nitrogen and oxygen atoms in total. The third-order valence-corrected chi connectivity index (χ3v) is 11.4. The predicted molar refractivity (Wildman–Crippen MR) is 178 cm³/mol. The van der Waals surface area contributed by atoms with Crippen LogP contribution >= 0.6 is 23.2 Å². The maximum atomic E-state index is 14.0. The number of carbonyl (C=O) groups excluding carboxylic acids is 1. The number of benzene rings is 1. The van der Waals surface area contributed by atoms with Crippen LogP contribution < -0.4 is 19.1 Å². The van der Waals surface area contributed by atoms with Gasteiger partial charge in [-0.1, -0.05) is 29.3 Å². The van der Waals surface area contributed by atoms with Crippen molar-refractivity contribution in [1.29, 1.82) is 0 Å². The number of morpholine rings is 1. The average Bonchev–Trinajstić information content (AvgIpc) is 3.94. The number of aromatic nitrogens is 2. The van der Waals surface area contributed by atoms with Crippen LogP contribution in [0.4, 0.5) is 14.6 Å². The van der Waals surface area contributed by atoms with Gasteiger partial charge in [0.15, 0.2) is 23.9 Å². The number of nitrogens with zero attached hydrogens (tertiary/aromatic N) is 4. The highest BCUT2D eigenvalue weighted by Gasteiger charge is 2.40. The second-order valence-corrected chi connectivity index (χ2v) is 15.0. The average molecular weight is 758 g/mol. The molecule has 3 aliphatic rings. The van der Waals surface area contributed by atoms with E-state index in [1.165, 1.54) is 30.5 Å². The van der Waals surface area contributed by atoms with Gasteiger partial charge in [0.1, 0.15) is 32.9 Å². The van der Waals surface area contributed by atoms with E-state index in [1.54, 1.807) is 6.07 Å². The summed E-state index contributed by atoms with van der Waals surface area (Å²) in [5.41, 5.74) is 0.607. The molecule has 2 aliphatic heterocycles. The van der Waals surface area contributed by atoms with Crippen LogP contribution in [0.5, 0.6) is 11.5 Å². The lowest BCUT2D eigenvalue weighted by molar-refractivity contribution is -0.605. The zero-order valence-corrected chi connectivity index (χ0v) is 29.2. The van der Waals surface area contributed by atoms with Gasteiger partial charge < -0.3 is 29.1 Å². The van der Waals surface area contributed by atoms with Crippen LogP contribution in [0, 0.1) is 11.1 Å². The Morgan fingerprint density at radius 1 is 1.04 bits per heavy atom. The van der Waals surface area contributed by atoms with Crippen LogP contribution in [0.2, 0.25) is 10.0 Å². The molecule has 1 aromatic carbocycles. The van der Waals surface area contributed by atoms with Crippen molar-refractivity contribution in [3.8, 4) is 11.5 Å². The number of esters is 1. The van der Waals surface area contributed by atoms with E-state index in [1.807, 2.05) is 4.90 Å². The summed E-state index contributed by atoms with van der Waals surface area (Å²) in [4.78, 5) is 20.3. The molecule has 3 fully saturated rings. The predicted octanol–water partition coefficient (Wildman–Crippen LogP) is 5.32. The van der Waals surface area contributed by atoms with Gasteiger partial charge in [0.05, 0.1) is 19.8 Å². The summed E-state index contributed by atoms with van der Waals surface area (Å²) in [6.07, 6.45) is 5.40. The minimum Gasteiger partial charge on any atom is -0.619 e. The van der Waals surface area contributed by atoms with Crippen LogP contribution in [0.15, 0.2) is 53.8 Å². The number of hydrogen-bond acceptors (Lipinski definition) is 10. The van der Waals surface area contributed by atoms with E-state index in [2.05, 4.69) is 9.72 Å². The van der Waals surface area contributed by atoms with E-state index in [4.69, 9.17) is 37.4 Å². The number of carbonyl (C=O) groups is 1. The summed E-state index contributed by atoms with van der Waals surface area (Å²) in [5.74, 6) is -0.0939. The summed E-state index contributed by atoms with van der Waals surface area (Å²) in [6, 6.07) is 6.10. The Kier molecular flexibility index (Phi) is 11.5. The van der Waals surface area contributed by atoms with Gasteiger partial charge in [-0.25, -0.2) is 13.4 Å².